The molecule has 2 atom stereocenters. The molecular formula is C19H30N3O5S+. The van der Waals surface area contributed by atoms with Crippen molar-refractivity contribution in [1.82, 2.24) is 4.31 Å². The summed E-state index contributed by atoms with van der Waals surface area (Å²) in [4.78, 5) is 13.8. The van der Waals surface area contributed by atoms with Gasteiger partial charge in [0, 0.05) is 18.8 Å². The maximum absolute atomic E-state index is 13.0. The molecule has 2 heterocycles. The molecule has 28 heavy (non-hydrogen) atoms. The number of carbonyl (C=O) groups excluding carboxylic acids is 1. The second kappa shape index (κ2) is 9.21. The minimum atomic E-state index is -3.73. The summed E-state index contributed by atoms with van der Waals surface area (Å²) in [7, 11) is -2.29. The number of morpholine rings is 1. The highest BCUT2D eigenvalue weighted by Crippen LogP contribution is 2.30. The first-order chi connectivity index (χ1) is 13.4. The Kier molecular flexibility index (Phi) is 6.92. The van der Waals surface area contributed by atoms with Gasteiger partial charge in [-0.2, -0.15) is 4.31 Å². The minimum Gasteiger partial charge on any atom is -0.495 e. The number of hydrogen-bond donors (Lipinski definition) is 2. The van der Waals surface area contributed by atoms with E-state index in [1.165, 1.54) is 28.8 Å². The van der Waals surface area contributed by atoms with E-state index in [0.29, 0.717) is 44.6 Å². The highest BCUT2D eigenvalue weighted by Gasteiger charge is 2.30. The number of carbonyl (C=O) groups is 1. The fourth-order valence-corrected chi connectivity index (χ4v) is 5.40. The van der Waals surface area contributed by atoms with Crippen LogP contribution in [-0.2, 0) is 19.6 Å². The predicted molar refractivity (Wildman–Crippen MR) is 105 cm³/mol. The van der Waals surface area contributed by atoms with Crippen molar-refractivity contribution in [3.63, 3.8) is 0 Å². The van der Waals surface area contributed by atoms with Crippen molar-refractivity contribution < 1.29 is 27.6 Å². The number of methoxy groups -OCH3 is 1. The van der Waals surface area contributed by atoms with Crippen LogP contribution in [0.1, 0.15) is 26.2 Å². The van der Waals surface area contributed by atoms with Gasteiger partial charge in [-0.05, 0) is 44.4 Å². The molecule has 0 aliphatic carbocycles. The monoisotopic (exact) mass is 412 g/mol. The van der Waals surface area contributed by atoms with Gasteiger partial charge in [0.05, 0.1) is 32.9 Å². The Morgan fingerprint density at radius 1 is 1.32 bits per heavy atom. The molecule has 1 amide bonds. The van der Waals surface area contributed by atoms with Crippen LogP contribution in [0.25, 0.3) is 0 Å². The number of quaternary nitrogens is 1. The number of sulfonamides is 1. The third-order valence-corrected chi connectivity index (χ3v) is 7.42. The molecule has 0 bridgehead atoms. The third-order valence-electron chi connectivity index (χ3n) is 5.50. The molecule has 2 fully saturated rings. The van der Waals surface area contributed by atoms with E-state index in [-0.39, 0.29) is 16.6 Å². The van der Waals surface area contributed by atoms with E-state index in [0.717, 1.165) is 19.4 Å². The first-order valence-corrected chi connectivity index (χ1v) is 11.3. The molecule has 8 nitrogen and oxygen atoms in total. The Balaban J connectivity index is 1.75. The molecule has 2 saturated heterocycles. The normalized spacial score (nSPS) is 23.9. The largest absolute Gasteiger partial charge is 0.495 e. The van der Waals surface area contributed by atoms with E-state index >= 15 is 0 Å². The van der Waals surface area contributed by atoms with Crippen molar-refractivity contribution in [2.45, 2.75) is 37.1 Å². The van der Waals surface area contributed by atoms with Gasteiger partial charge >= 0.3 is 0 Å². The van der Waals surface area contributed by atoms with Crippen molar-refractivity contribution in [3.8, 4) is 5.75 Å². The molecule has 0 radical (unpaired) electrons. The lowest BCUT2D eigenvalue weighted by molar-refractivity contribution is -0.920. The van der Waals surface area contributed by atoms with Crippen molar-refractivity contribution in [1.29, 1.82) is 0 Å². The number of ether oxygens (including phenoxy) is 2. The summed E-state index contributed by atoms with van der Waals surface area (Å²) < 4.78 is 38.0. The molecule has 0 saturated carbocycles. The summed E-state index contributed by atoms with van der Waals surface area (Å²) in [6.07, 6.45) is 3.48. The van der Waals surface area contributed by atoms with E-state index in [1.807, 2.05) is 0 Å². The van der Waals surface area contributed by atoms with Crippen LogP contribution in [0.3, 0.4) is 0 Å². The Labute approximate surface area is 166 Å². The average Bonchev–Trinajstić information content (AvgIpc) is 2.70. The van der Waals surface area contributed by atoms with Gasteiger partial charge in [-0.15, -0.1) is 0 Å². The molecule has 1 aromatic rings. The number of nitrogens with one attached hydrogen (secondary N) is 2. The SMILES string of the molecule is COc1ccc(NC(=O)C[NH+]2CCCC[C@H]2C)cc1S(=O)(=O)N1CCOCC1. The van der Waals surface area contributed by atoms with Crippen molar-refractivity contribution in [2.24, 2.45) is 0 Å². The number of rotatable bonds is 6. The molecule has 3 rings (SSSR count). The third kappa shape index (κ3) is 4.83. The Morgan fingerprint density at radius 2 is 2.07 bits per heavy atom. The molecule has 1 unspecified atom stereocenters. The fraction of sp³-hybridized carbons (Fsp3) is 0.632. The van der Waals surface area contributed by atoms with Crippen LogP contribution in [-0.4, -0.2) is 71.2 Å². The van der Waals surface area contributed by atoms with Gasteiger partial charge in [0.2, 0.25) is 10.0 Å². The van der Waals surface area contributed by atoms with E-state index in [2.05, 4.69) is 12.2 Å². The summed E-state index contributed by atoms with van der Waals surface area (Å²) in [5, 5.41) is 2.85. The highest BCUT2D eigenvalue weighted by molar-refractivity contribution is 7.89. The summed E-state index contributed by atoms with van der Waals surface area (Å²) >= 11 is 0. The second-order valence-electron chi connectivity index (χ2n) is 7.41. The van der Waals surface area contributed by atoms with E-state index < -0.39 is 10.0 Å². The molecule has 2 N–H and O–H groups in total. The van der Waals surface area contributed by atoms with E-state index in [1.54, 1.807) is 12.1 Å². The van der Waals surface area contributed by atoms with Crippen LogP contribution in [0.4, 0.5) is 5.69 Å². The van der Waals surface area contributed by atoms with E-state index in [4.69, 9.17) is 9.47 Å². The lowest BCUT2D eigenvalue weighted by atomic mass is 10.0. The zero-order valence-corrected chi connectivity index (χ0v) is 17.4. The van der Waals surface area contributed by atoms with E-state index in [9.17, 15) is 13.2 Å². The molecule has 9 heteroatoms. The van der Waals surface area contributed by atoms with Crippen molar-refractivity contribution in [3.05, 3.63) is 18.2 Å². The number of amides is 1. The quantitative estimate of drug-likeness (QED) is 0.692. The number of likely N-dealkylation sites (tertiary alicyclic amines) is 1. The van der Waals surface area contributed by atoms with Crippen LogP contribution >= 0.6 is 0 Å². The fourth-order valence-electron chi connectivity index (χ4n) is 3.81. The molecule has 2 aliphatic heterocycles. The first kappa shape index (κ1) is 21.0. The average molecular weight is 413 g/mol. The van der Waals surface area contributed by atoms with Crippen LogP contribution < -0.4 is 15.0 Å². The number of hydrogen-bond acceptors (Lipinski definition) is 5. The summed E-state index contributed by atoms with van der Waals surface area (Å²) in [6.45, 7) is 4.90. The summed E-state index contributed by atoms with van der Waals surface area (Å²) in [6, 6.07) is 5.20. The zero-order valence-electron chi connectivity index (χ0n) is 16.6. The smallest absolute Gasteiger partial charge is 0.279 e. The van der Waals surface area contributed by atoms with Gasteiger partial charge in [-0.3, -0.25) is 4.79 Å². The standard InChI is InChI=1S/C19H29N3O5S/c1-15-5-3-4-8-21(15)14-19(23)20-16-6-7-17(26-2)18(13-16)28(24,25)22-9-11-27-12-10-22/h6-7,13,15H,3-5,8-12,14H2,1-2H3,(H,20,23)/p+1/t15-/m1/s1. The lowest BCUT2D eigenvalue weighted by Gasteiger charge is -2.29. The predicted octanol–water partition coefficient (Wildman–Crippen LogP) is 0.112. The zero-order chi connectivity index (χ0) is 20.1. The number of nitrogens with zero attached hydrogens (tertiary/aromatic N) is 1. The summed E-state index contributed by atoms with van der Waals surface area (Å²) in [5.41, 5.74) is 0.460. The van der Waals surface area contributed by atoms with Gasteiger partial charge in [0.1, 0.15) is 10.6 Å². The minimum absolute atomic E-state index is 0.0633. The van der Waals surface area contributed by atoms with Gasteiger partial charge < -0.3 is 19.7 Å². The molecular weight excluding hydrogens is 382 g/mol. The number of anilines is 1. The number of piperidine rings is 1. The molecule has 1 aromatic carbocycles. The van der Waals surface area contributed by atoms with Crippen LogP contribution in [0.2, 0.25) is 0 Å². The van der Waals surface area contributed by atoms with Crippen molar-refractivity contribution in [2.75, 3.05) is 51.8 Å². The number of benzene rings is 1. The molecule has 0 spiro atoms. The van der Waals surface area contributed by atoms with Gasteiger partial charge in [-0.25, -0.2) is 8.42 Å². The van der Waals surface area contributed by atoms with Crippen LogP contribution in [0.5, 0.6) is 5.75 Å². The van der Waals surface area contributed by atoms with Gasteiger partial charge in [0.15, 0.2) is 6.54 Å². The highest BCUT2D eigenvalue weighted by atomic mass is 32.2. The maximum Gasteiger partial charge on any atom is 0.279 e. The Hall–Kier alpha value is -1.68. The second-order valence-corrected chi connectivity index (χ2v) is 9.32. The van der Waals surface area contributed by atoms with Gasteiger partial charge in [-0.1, -0.05) is 0 Å². The Bertz CT molecular complexity index is 793. The maximum atomic E-state index is 13.0. The Morgan fingerprint density at radius 3 is 2.75 bits per heavy atom. The first-order valence-electron chi connectivity index (χ1n) is 9.82. The molecule has 156 valence electrons. The van der Waals surface area contributed by atoms with Crippen LogP contribution in [0, 0.1) is 0 Å². The lowest BCUT2D eigenvalue weighted by Crippen LogP contribution is -3.17. The van der Waals surface area contributed by atoms with Gasteiger partial charge in [0.25, 0.3) is 5.91 Å². The topological polar surface area (TPSA) is 89.4 Å². The van der Waals surface area contributed by atoms with Crippen LogP contribution in [0.15, 0.2) is 23.1 Å². The molecule has 0 aromatic heterocycles. The summed E-state index contributed by atoms with van der Waals surface area (Å²) in [5.74, 6) is 0.156. The molecule has 2 aliphatic rings. The van der Waals surface area contributed by atoms with Crippen molar-refractivity contribution >= 4 is 21.6 Å².